The molecule has 0 spiro atoms. The second kappa shape index (κ2) is 7.66. The second-order valence-electron chi connectivity index (χ2n) is 6.36. The van der Waals surface area contributed by atoms with Gasteiger partial charge in [-0.05, 0) is 72.3 Å². The first-order chi connectivity index (χ1) is 13.5. The Kier molecular flexibility index (Phi) is 5.07. The maximum absolute atomic E-state index is 13.4. The lowest BCUT2D eigenvalue weighted by molar-refractivity contribution is -0.114. The molecule has 0 aliphatic carbocycles. The first-order valence-electron chi connectivity index (χ1n) is 8.60. The zero-order valence-electron chi connectivity index (χ0n) is 14.6. The largest absolute Gasteiger partial charge is 0.351 e. The van der Waals surface area contributed by atoms with E-state index in [1.807, 2.05) is 6.08 Å². The lowest BCUT2D eigenvalue weighted by Gasteiger charge is -2.25. The van der Waals surface area contributed by atoms with E-state index >= 15 is 0 Å². The van der Waals surface area contributed by atoms with Crippen LogP contribution in [0.5, 0.6) is 0 Å². The van der Waals surface area contributed by atoms with Gasteiger partial charge < -0.3 is 5.32 Å². The van der Waals surface area contributed by atoms with E-state index in [-0.39, 0.29) is 17.8 Å². The number of benzene rings is 3. The summed E-state index contributed by atoms with van der Waals surface area (Å²) in [4.78, 5) is 14.8. The minimum absolute atomic E-state index is 0.188. The van der Waals surface area contributed by atoms with E-state index in [2.05, 4.69) is 5.32 Å². The highest BCUT2D eigenvalue weighted by Gasteiger charge is 2.34. The third kappa shape index (κ3) is 3.75. The van der Waals surface area contributed by atoms with Gasteiger partial charge in [0.05, 0.1) is 6.04 Å². The average molecular weight is 413 g/mol. The molecular formula is C22H15Cl2FN2O. The van der Waals surface area contributed by atoms with Crippen LogP contribution in [0.3, 0.4) is 0 Å². The number of carbonyl (C=O) groups is 1. The van der Waals surface area contributed by atoms with Gasteiger partial charge in [0.25, 0.3) is 5.91 Å². The van der Waals surface area contributed by atoms with Crippen molar-refractivity contribution in [2.24, 2.45) is 0 Å². The van der Waals surface area contributed by atoms with Crippen molar-refractivity contribution in [3.05, 3.63) is 106 Å². The van der Waals surface area contributed by atoms with Crippen LogP contribution in [0.15, 0.2) is 84.6 Å². The predicted molar refractivity (Wildman–Crippen MR) is 111 cm³/mol. The van der Waals surface area contributed by atoms with Gasteiger partial charge in [-0.2, -0.15) is 0 Å². The summed E-state index contributed by atoms with van der Waals surface area (Å²) in [7, 11) is 0. The van der Waals surface area contributed by atoms with E-state index in [1.54, 1.807) is 65.6 Å². The molecule has 3 aromatic rings. The highest BCUT2D eigenvalue weighted by Crippen LogP contribution is 2.36. The average Bonchev–Trinajstić information content (AvgIpc) is 3.01. The van der Waals surface area contributed by atoms with E-state index in [9.17, 15) is 9.18 Å². The van der Waals surface area contributed by atoms with Crippen molar-refractivity contribution in [3.63, 3.8) is 0 Å². The number of nitrogens with zero attached hydrogens (tertiary/aromatic N) is 1. The van der Waals surface area contributed by atoms with Crippen LogP contribution in [-0.4, -0.2) is 5.91 Å². The number of halogens is 3. The molecule has 1 aliphatic rings. The fourth-order valence-electron chi connectivity index (χ4n) is 3.13. The van der Waals surface area contributed by atoms with E-state index in [4.69, 9.17) is 23.2 Å². The summed E-state index contributed by atoms with van der Waals surface area (Å²) in [5.74, 6) is -0.513. The Bertz CT molecular complexity index is 1030. The molecule has 1 atom stereocenters. The molecule has 3 nitrogen and oxygen atoms in total. The van der Waals surface area contributed by atoms with Gasteiger partial charge in [0.15, 0.2) is 0 Å². The summed E-state index contributed by atoms with van der Waals surface area (Å²) in [5.41, 5.74) is 2.69. The van der Waals surface area contributed by atoms with E-state index in [1.165, 1.54) is 12.1 Å². The smallest absolute Gasteiger partial charge is 0.275 e. The third-order valence-corrected chi connectivity index (χ3v) is 5.00. The highest BCUT2D eigenvalue weighted by molar-refractivity contribution is 6.31. The minimum atomic E-state index is -0.371. The lowest BCUT2D eigenvalue weighted by atomic mass is 10.1. The summed E-state index contributed by atoms with van der Waals surface area (Å²) >= 11 is 11.9. The molecule has 6 heteroatoms. The zero-order valence-corrected chi connectivity index (χ0v) is 16.1. The molecule has 0 fully saturated rings. The Morgan fingerprint density at radius 2 is 1.39 bits per heavy atom. The van der Waals surface area contributed by atoms with Crippen LogP contribution >= 0.6 is 23.2 Å². The number of carbonyl (C=O) groups excluding carboxylic acids is 1. The summed E-state index contributed by atoms with van der Waals surface area (Å²) in [6.45, 7) is 0. The van der Waals surface area contributed by atoms with E-state index in [0.717, 1.165) is 11.3 Å². The Morgan fingerprint density at radius 3 is 2.00 bits per heavy atom. The van der Waals surface area contributed by atoms with E-state index < -0.39 is 0 Å². The van der Waals surface area contributed by atoms with Crippen molar-refractivity contribution in [2.45, 2.75) is 6.04 Å². The number of nitrogens with one attached hydrogen (secondary N) is 1. The number of hydrogen-bond donors (Lipinski definition) is 1. The fraction of sp³-hybridized carbons (Fsp3) is 0.0455. The number of anilines is 2. The standard InChI is InChI=1S/C22H15Cl2FN2O/c23-15-3-9-18(10-4-15)26-20-13-21(14-1-7-17(25)8-2-14)27(22(20)28)19-11-5-16(24)6-12-19/h1-13,21,26H. The van der Waals surface area contributed by atoms with Crippen molar-refractivity contribution < 1.29 is 9.18 Å². The minimum Gasteiger partial charge on any atom is -0.351 e. The molecule has 3 aromatic carbocycles. The molecule has 28 heavy (non-hydrogen) atoms. The van der Waals surface area contributed by atoms with Crippen molar-refractivity contribution in [1.29, 1.82) is 0 Å². The molecule has 4 rings (SSSR count). The van der Waals surface area contributed by atoms with Crippen LogP contribution in [0.2, 0.25) is 10.0 Å². The van der Waals surface area contributed by atoms with Gasteiger partial charge >= 0.3 is 0 Å². The van der Waals surface area contributed by atoms with Crippen LogP contribution < -0.4 is 10.2 Å². The molecule has 0 radical (unpaired) electrons. The Hall–Kier alpha value is -2.82. The molecule has 1 heterocycles. The number of rotatable bonds is 4. The SMILES string of the molecule is O=C1C(Nc2ccc(Cl)cc2)=CC(c2ccc(F)cc2)N1c1ccc(Cl)cc1. The normalized spacial score (nSPS) is 16.2. The van der Waals surface area contributed by atoms with Gasteiger partial charge in [0.1, 0.15) is 11.5 Å². The molecular weight excluding hydrogens is 398 g/mol. The Balaban J connectivity index is 1.72. The Labute approximate surface area is 172 Å². The third-order valence-electron chi connectivity index (χ3n) is 4.49. The van der Waals surface area contributed by atoms with Gasteiger partial charge in [-0.15, -0.1) is 0 Å². The van der Waals surface area contributed by atoms with Gasteiger partial charge in [-0.25, -0.2) is 4.39 Å². The van der Waals surface area contributed by atoms with E-state index in [0.29, 0.717) is 21.4 Å². The molecule has 0 aromatic heterocycles. The van der Waals surface area contributed by atoms with Crippen LogP contribution in [0.25, 0.3) is 0 Å². The topological polar surface area (TPSA) is 32.3 Å². The quantitative estimate of drug-likeness (QED) is 0.551. The first kappa shape index (κ1) is 18.5. The van der Waals surface area contributed by atoms with Gasteiger partial charge in [-0.3, -0.25) is 9.69 Å². The Morgan fingerprint density at radius 1 is 0.821 bits per heavy atom. The molecule has 1 aliphatic heterocycles. The summed E-state index contributed by atoms with van der Waals surface area (Å²) < 4.78 is 13.4. The molecule has 140 valence electrons. The molecule has 1 unspecified atom stereocenters. The molecule has 0 saturated carbocycles. The monoisotopic (exact) mass is 412 g/mol. The molecule has 0 saturated heterocycles. The lowest BCUT2D eigenvalue weighted by Crippen LogP contribution is -2.30. The van der Waals surface area contributed by atoms with Gasteiger partial charge in [-0.1, -0.05) is 35.3 Å². The highest BCUT2D eigenvalue weighted by atomic mass is 35.5. The fourth-order valence-corrected chi connectivity index (χ4v) is 3.38. The molecule has 0 bridgehead atoms. The van der Waals surface area contributed by atoms with Crippen LogP contribution in [0, 0.1) is 5.82 Å². The first-order valence-corrected chi connectivity index (χ1v) is 9.36. The molecule has 1 N–H and O–H groups in total. The van der Waals surface area contributed by atoms with Crippen LogP contribution in [0.4, 0.5) is 15.8 Å². The van der Waals surface area contributed by atoms with Gasteiger partial charge in [0.2, 0.25) is 0 Å². The maximum atomic E-state index is 13.4. The van der Waals surface area contributed by atoms with Crippen molar-refractivity contribution >= 4 is 40.5 Å². The zero-order chi connectivity index (χ0) is 19.7. The van der Waals surface area contributed by atoms with Crippen LogP contribution in [0.1, 0.15) is 11.6 Å². The summed E-state index contributed by atoms with van der Waals surface area (Å²) in [5, 5.41) is 4.35. The summed E-state index contributed by atoms with van der Waals surface area (Å²) in [6.07, 6.45) is 1.83. The van der Waals surface area contributed by atoms with Crippen molar-refractivity contribution in [3.8, 4) is 0 Å². The second-order valence-corrected chi connectivity index (χ2v) is 7.23. The number of hydrogen-bond acceptors (Lipinski definition) is 2. The van der Waals surface area contributed by atoms with Crippen molar-refractivity contribution in [1.82, 2.24) is 0 Å². The van der Waals surface area contributed by atoms with Crippen LogP contribution in [-0.2, 0) is 4.79 Å². The molecule has 1 amide bonds. The van der Waals surface area contributed by atoms with Gasteiger partial charge in [0, 0.05) is 21.4 Å². The summed E-state index contributed by atoms with van der Waals surface area (Å²) in [6, 6.07) is 19.9. The number of amides is 1. The van der Waals surface area contributed by atoms with Crippen molar-refractivity contribution in [2.75, 3.05) is 10.2 Å². The predicted octanol–water partition coefficient (Wildman–Crippen LogP) is 6.22. The maximum Gasteiger partial charge on any atom is 0.275 e.